The van der Waals surface area contributed by atoms with Gasteiger partial charge in [-0.15, -0.1) is 0 Å². The largest absolute Gasteiger partial charge is 0.364 e. The molecular formula is C16H16N4. The van der Waals surface area contributed by atoms with Crippen LogP contribution in [0, 0.1) is 13.8 Å². The number of fused-ring (bicyclic) bond motifs is 1. The standard InChI is InChI=1S/C16H16N4/c1-11-7-8-17-9-13(11)10-18-16-12(2)19-14-5-3-4-6-15(14)20-16/h3-9H,10H2,1-2H3,(H,18,20). The Morgan fingerprint density at radius 1 is 1.00 bits per heavy atom. The summed E-state index contributed by atoms with van der Waals surface area (Å²) in [7, 11) is 0. The third-order valence-corrected chi connectivity index (χ3v) is 3.34. The average Bonchev–Trinajstić information content (AvgIpc) is 2.46. The minimum atomic E-state index is 0.702. The smallest absolute Gasteiger partial charge is 0.148 e. The molecule has 0 saturated carbocycles. The number of benzene rings is 1. The minimum Gasteiger partial charge on any atom is -0.364 e. The zero-order valence-electron chi connectivity index (χ0n) is 11.6. The van der Waals surface area contributed by atoms with Gasteiger partial charge in [0.25, 0.3) is 0 Å². The van der Waals surface area contributed by atoms with E-state index in [-0.39, 0.29) is 0 Å². The highest BCUT2D eigenvalue weighted by molar-refractivity contribution is 5.76. The van der Waals surface area contributed by atoms with Crippen molar-refractivity contribution < 1.29 is 0 Å². The first kappa shape index (κ1) is 12.5. The van der Waals surface area contributed by atoms with E-state index in [0.717, 1.165) is 22.5 Å². The van der Waals surface area contributed by atoms with E-state index in [0.29, 0.717) is 6.54 Å². The van der Waals surface area contributed by atoms with Crippen molar-refractivity contribution in [3.05, 3.63) is 59.5 Å². The van der Waals surface area contributed by atoms with Crippen LogP contribution in [-0.2, 0) is 6.54 Å². The molecule has 100 valence electrons. The average molecular weight is 264 g/mol. The van der Waals surface area contributed by atoms with Gasteiger partial charge in [-0.2, -0.15) is 0 Å². The zero-order chi connectivity index (χ0) is 13.9. The van der Waals surface area contributed by atoms with Gasteiger partial charge in [0.05, 0.1) is 16.7 Å². The van der Waals surface area contributed by atoms with Gasteiger partial charge in [-0.05, 0) is 43.2 Å². The number of aryl methyl sites for hydroxylation is 2. The Morgan fingerprint density at radius 2 is 1.75 bits per heavy atom. The molecule has 2 aromatic heterocycles. The van der Waals surface area contributed by atoms with Gasteiger partial charge in [-0.25, -0.2) is 9.97 Å². The zero-order valence-corrected chi connectivity index (χ0v) is 11.6. The van der Waals surface area contributed by atoms with E-state index < -0.39 is 0 Å². The van der Waals surface area contributed by atoms with Gasteiger partial charge < -0.3 is 5.32 Å². The number of anilines is 1. The Labute approximate surface area is 117 Å². The molecule has 0 spiro atoms. The molecular weight excluding hydrogens is 248 g/mol. The maximum absolute atomic E-state index is 4.63. The molecule has 0 amide bonds. The van der Waals surface area contributed by atoms with Crippen LogP contribution in [0.15, 0.2) is 42.7 Å². The summed E-state index contributed by atoms with van der Waals surface area (Å²) in [6.45, 7) is 4.75. The maximum atomic E-state index is 4.63. The molecule has 0 aliphatic carbocycles. The van der Waals surface area contributed by atoms with Crippen molar-refractivity contribution in [2.75, 3.05) is 5.32 Å². The lowest BCUT2D eigenvalue weighted by molar-refractivity contribution is 1.05. The van der Waals surface area contributed by atoms with Crippen molar-refractivity contribution in [2.45, 2.75) is 20.4 Å². The van der Waals surface area contributed by atoms with Gasteiger partial charge in [0.1, 0.15) is 5.82 Å². The van der Waals surface area contributed by atoms with Gasteiger partial charge in [0.2, 0.25) is 0 Å². The van der Waals surface area contributed by atoms with Gasteiger partial charge in [-0.1, -0.05) is 12.1 Å². The lowest BCUT2D eigenvalue weighted by Gasteiger charge is -2.10. The summed E-state index contributed by atoms with van der Waals surface area (Å²) in [6.07, 6.45) is 3.69. The lowest BCUT2D eigenvalue weighted by Crippen LogP contribution is -2.06. The normalized spacial score (nSPS) is 10.7. The molecule has 1 N–H and O–H groups in total. The third-order valence-electron chi connectivity index (χ3n) is 3.34. The summed E-state index contributed by atoms with van der Waals surface area (Å²) < 4.78 is 0. The fourth-order valence-corrected chi connectivity index (χ4v) is 2.12. The molecule has 20 heavy (non-hydrogen) atoms. The molecule has 0 radical (unpaired) electrons. The summed E-state index contributed by atoms with van der Waals surface area (Å²) in [4.78, 5) is 13.3. The van der Waals surface area contributed by atoms with Crippen LogP contribution in [0.1, 0.15) is 16.8 Å². The van der Waals surface area contributed by atoms with E-state index in [4.69, 9.17) is 0 Å². The van der Waals surface area contributed by atoms with Crippen LogP contribution in [-0.4, -0.2) is 15.0 Å². The van der Waals surface area contributed by atoms with E-state index in [2.05, 4.69) is 27.2 Å². The second-order valence-electron chi connectivity index (χ2n) is 4.80. The van der Waals surface area contributed by atoms with Gasteiger partial charge in [0, 0.05) is 18.9 Å². The van der Waals surface area contributed by atoms with Crippen molar-refractivity contribution in [1.82, 2.24) is 15.0 Å². The van der Waals surface area contributed by atoms with Gasteiger partial charge in [-0.3, -0.25) is 4.98 Å². The predicted octanol–water partition coefficient (Wildman–Crippen LogP) is 3.25. The Balaban J connectivity index is 1.87. The highest BCUT2D eigenvalue weighted by Crippen LogP contribution is 2.17. The lowest BCUT2D eigenvalue weighted by atomic mass is 10.1. The third kappa shape index (κ3) is 2.45. The second-order valence-corrected chi connectivity index (χ2v) is 4.80. The number of hydrogen-bond donors (Lipinski definition) is 1. The molecule has 0 saturated heterocycles. The van der Waals surface area contributed by atoms with E-state index in [1.165, 1.54) is 11.1 Å². The van der Waals surface area contributed by atoms with Gasteiger partial charge in [0.15, 0.2) is 0 Å². The summed E-state index contributed by atoms with van der Waals surface area (Å²) in [5.41, 5.74) is 5.13. The molecule has 0 unspecified atom stereocenters. The van der Waals surface area contributed by atoms with Crippen LogP contribution in [0.5, 0.6) is 0 Å². The highest BCUT2D eigenvalue weighted by atomic mass is 15.0. The topological polar surface area (TPSA) is 50.7 Å². The van der Waals surface area contributed by atoms with Gasteiger partial charge >= 0.3 is 0 Å². The Kier molecular flexibility index (Phi) is 3.29. The first-order valence-corrected chi connectivity index (χ1v) is 6.61. The molecule has 0 aliphatic rings. The monoisotopic (exact) mass is 264 g/mol. The van der Waals surface area contributed by atoms with Crippen molar-refractivity contribution in [2.24, 2.45) is 0 Å². The van der Waals surface area contributed by atoms with E-state index in [1.807, 2.05) is 43.5 Å². The van der Waals surface area contributed by atoms with E-state index in [1.54, 1.807) is 6.20 Å². The molecule has 4 nitrogen and oxygen atoms in total. The minimum absolute atomic E-state index is 0.702. The van der Waals surface area contributed by atoms with Crippen LogP contribution in [0.4, 0.5) is 5.82 Å². The number of pyridine rings is 1. The fraction of sp³-hybridized carbons (Fsp3) is 0.188. The Hall–Kier alpha value is -2.49. The van der Waals surface area contributed by atoms with Crippen LogP contribution in [0.25, 0.3) is 11.0 Å². The van der Waals surface area contributed by atoms with E-state index >= 15 is 0 Å². The summed E-state index contributed by atoms with van der Waals surface area (Å²) in [6, 6.07) is 9.91. The Bertz CT molecular complexity index is 752. The summed E-state index contributed by atoms with van der Waals surface area (Å²) >= 11 is 0. The van der Waals surface area contributed by atoms with Crippen LogP contribution >= 0.6 is 0 Å². The van der Waals surface area contributed by atoms with Crippen molar-refractivity contribution >= 4 is 16.9 Å². The number of nitrogens with zero attached hydrogens (tertiary/aromatic N) is 3. The van der Waals surface area contributed by atoms with Crippen molar-refractivity contribution in [3.8, 4) is 0 Å². The fourth-order valence-electron chi connectivity index (χ4n) is 2.12. The number of para-hydroxylation sites is 2. The molecule has 3 rings (SSSR count). The summed E-state index contributed by atoms with van der Waals surface area (Å²) in [5, 5.41) is 3.35. The molecule has 0 atom stereocenters. The number of rotatable bonds is 3. The highest BCUT2D eigenvalue weighted by Gasteiger charge is 2.05. The Morgan fingerprint density at radius 3 is 2.50 bits per heavy atom. The van der Waals surface area contributed by atoms with Crippen molar-refractivity contribution in [1.29, 1.82) is 0 Å². The van der Waals surface area contributed by atoms with Crippen LogP contribution in [0.3, 0.4) is 0 Å². The van der Waals surface area contributed by atoms with Crippen LogP contribution in [0.2, 0.25) is 0 Å². The number of aromatic nitrogens is 3. The molecule has 2 heterocycles. The predicted molar refractivity (Wildman–Crippen MR) is 80.6 cm³/mol. The SMILES string of the molecule is Cc1ccncc1CNc1nc2ccccc2nc1C. The number of nitrogens with one attached hydrogen (secondary N) is 1. The molecule has 0 bridgehead atoms. The first-order valence-electron chi connectivity index (χ1n) is 6.61. The maximum Gasteiger partial charge on any atom is 0.148 e. The number of hydrogen-bond acceptors (Lipinski definition) is 4. The molecule has 1 aromatic carbocycles. The first-order chi connectivity index (χ1) is 9.74. The molecule has 4 heteroatoms. The molecule has 0 fully saturated rings. The van der Waals surface area contributed by atoms with Crippen LogP contribution < -0.4 is 5.32 Å². The second kappa shape index (κ2) is 5.25. The van der Waals surface area contributed by atoms with Crippen molar-refractivity contribution in [3.63, 3.8) is 0 Å². The molecule has 3 aromatic rings. The molecule has 0 aliphatic heterocycles. The summed E-state index contributed by atoms with van der Waals surface area (Å²) in [5.74, 6) is 0.826. The quantitative estimate of drug-likeness (QED) is 0.789. The van der Waals surface area contributed by atoms with E-state index in [9.17, 15) is 0 Å².